The lowest BCUT2D eigenvalue weighted by Crippen LogP contribution is -2.29. The molecule has 0 radical (unpaired) electrons. The van der Waals surface area contributed by atoms with Crippen molar-refractivity contribution in [2.45, 2.75) is 38.5 Å². The molecule has 0 aromatic heterocycles. The standard InChI is InChI=1S/C12H23NO/c1-14-5-3-2-4-12(9-13)7-10-6-11(10)8-12/h10-11H,2-9,13H2,1H3. The van der Waals surface area contributed by atoms with Crippen LogP contribution in [0.15, 0.2) is 0 Å². The van der Waals surface area contributed by atoms with Gasteiger partial charge in [0.1, 0.15) is 0 Å². The molecule has 0 amide bonds. The van der Waals surface area contributed by atoms with E-state index in [1.807, 2.05) is 0 Å². The second-order valence-corrected chi connectivity index (χ2v) is 5.32. The van der Waals surface area contributed by atoms with E-state index in [0.29, 0.717) is 5.41 Å². The highest BCUT2D eigenvalue weighted by Gasteiger charge is 2.52. The Labute approximate surface area is 87.2 Å². The van der Waals surface area contributed by atoms with Crippen molar-refractivity contribution in [3.8, 4) is 0 Å². The lowest BCUT2D eigenvalue weighted by atomic mass is 9.78. The minimum atomic E-state index is 0.529. The van der Waals surface area contributed by atoms with Crippen LogP contribution in [0.5, 0.6) is 0 Å². The van der Waals surface area contributed by atoms with Gasteiger partial charge in [-0.1, -0.05) is 6.42 Å². The largest absolute Gasteiger partial charge is 0.385 e. The first-order valence-corrected chi connectivity index (χ1v) is 5.99. The van der Waals surface area contributed by atoms with Crippen LogP contribution in [-0.2, 0) is 4.74 Å². The highest BCUT2D eigenvalue weighted by molar-refractivity contribution is 5.03. The molecule has 0 aromatic rings. The molecule has 2 rings (SSSR count). The van der Waals surface area contributed by atoms with Gasteiger partial charge >= 0.3 is 0 Å². The topological polar surface area (TPSA) is 35.2 Å². The van der Waals surface area contributed by atoms with E-state index in [0.717, 1.165) is 25.0 Å². The smallest absolute Gasteiger partial charge is 0.0462 e. The van der Waals surface area contributed by atoms with E-state index in [9.17, 15) is 0 Å². The Balaban J connectivity index is 1.70. The van der Waals surface area contributed by atoms with E-state index >= 15 is 0 Å². The Morgan fingerprint density at radius 3 is 2.57 bits per heavy atom. The maximum Gasteiger partial charge on any atom is 0.0462 e. The van der Waals surface area contributed by atoms with Crippen molar-refractivity contribution in [3.63, 3.8) is 0 Å². The molecule has 0 saturated heterocycles. The summed E-state index contributed by atoms with van der Waals surface area (Å²) >= 11 is 0. The molecular formula is C12H23NO. The molecule has 2 nitrogen and oxygen atoms in total. The molecule has 14 heavy (non-hydrogen) atoms. The van der Waals surface area contributed by atoms with E-state index in [4.69, 9.17) is 10.5 Å². The van der Waals surface area contributed by atoms with Crippen molar-refractivity contribution in [2.24, 2.45) is 23.0 Å². The maximum absolute atomic E-state index is 5.94. The van der Waals surface area contributed by atoms with Crippen molar-refractivity contribution < 1.29 is 4.74 Å². The van der Waals surface area contributed by atoms with Crippen molar-refractivity contribution in [3.05, 3.63) is 0 Å². The van der Waals surface area contributed by atoms with E-state index < -0.39 is 0 Å². The van der Waals surface area contributed by atoms with Crippen molar-refractivity contribution >= 4 is 0 Å². The Kier molecular flexibility index (Phi) is 3.13. The number of unbranched alkanes of at least 4 members (excludes halogenated alkanes) is 1. The zero-order chi connectivity index (χ0) is 10.0. The minimum Gasteiger partial charge on any atom is -0.385 e. The highest BCUT2D eigenvalue weighted by atomic mass is 16.5. The van der Waals surface area contributed by atoms with Gasteiger partial charge < -0.3 is 10.5 Å². The fourth-order valence-electron chi connectivity index (χ4n) is 3.23. The highest BCUT2D eigenvalue weighted by Crippen LogP contribution is 2.61. The molecular weight excluding hydrogens is 174 g/mol. The molecule has 2 saturated carbocycles. The van der Waals surface area contributed by atoms with Gasteiger partial charge in [-0.05, 0) is 55.9 Å². The lowest BCUT2D eigenvalue weighted by Gasteiger charge is -2.29. The van der Waals surface area contributed by atoms with Crippen LogP contribution in [0.3, 0.4) is 0 Å². The molecule has 0 aliphatic heterocycles. The van der Waals surface area contributed by atoms with Gasteiger partial charge in [-0.2, -0.15) is 0 Å². The number of hydrogen-bond acceptors (Lipinski definition) is 2. The molecule has 2 aliphatic rings. The lowest BCUT2D eigenvalue weighted by molar-refractivity contribution is 0.179. The summed E-state index contributed by atoms with van der Waals surface area (Å²) in [4.78, 5) is 0. The molecule has 0 spiro atoms. The normalized spacial score (nSPS) is 39.9. The zero-order valence-electron chi connectivity index (χ0n) is 9.30. The molecule has 2 fully saturated rings. The predicted molar refractivity (Wildman–Crippen MR) is 58.0 cm³/mol. The van der Waals surface area contributed by atoms with Crippen LogP contribution in [0, 0.1) is 17.3 Å². The zero-order valence-corrected chi connectivity index (χ0v) is 9.30. The second-order valence-electron chi connectivity index (χ2n) is 5.32. The van der Waals surface area contributed by atoms with Crippen LogP contribution >= 0.6 is 0 Å². The van der Waals surface area contributed by atoms with Gasteiger partial charge in [0.15, 0.2) is 0 Å². The van der Waals surface area contributed by atoms with Gasteiger partial charge in [-0.3, -0.25) is 0 Å². The SMILES string of the molecule is COCCCCC1(CN)CC2CC2C1. The number of rotatable bonds is 6. The van der Waals surface area contributed by atoms with Crippen LogP contribution in [0.2, 0.25) is 0 Å². The van der Waals surface area contributed by atoms with Gasteiger partial charge in [-0.15, -0.1) is 0 Å². The summed E-state index contributed by atoms with van der Waals surface area (Å²) in [5, 5.41) is 0. The summed E-state index contributed by atoms with van der Waals surface area (Å²) in [5.74, 6) is 2.11. The van der Waals surface area contributed by atoms with E-state index in [2.05, 4.69) is 0 Å². The third kappa shape index (κ3) is 2.12. The first kappa shape index (κ1) is 10.4. The fourth-order valence-corrected chi connectivity index (χ4v) is 3.23. The Morgan fingerprint density at radius 2 is 2.00 bits per heavy atom. The average Bonchev–Trinajstić information content (AvgIpc) is 2.82. The molecule has 2 atom stereocenters. The number of ether oxygens (including phenoxy) is 1. The van der Waals surface area contributed by atoms with Gasteiger partial charge in [-0.25, -0.2) is 0 Å². The van der Waals surface area contributed by atoms with E-state index in [1.165, 1.54) is 38.5 Å². The van der Waals surface area contributed by atoms with Gasteiger partial charge in [0.25, 0.3) is 0 Å². The van der Waals surface area contributed by atoms with Crippen LogP contribution in [0.25, 0.3) is 0 Å². The molecule has 2 N–H and O–H groups in total. The molecule has 2 heteroatoms. The number of hydrogen-bond donors (Lipinski definition) is 1. The molecule has 82 valence electrons. The van der Waals surface area contributed by atoms with Gasteiger partial charge in [0, 0.05) is 13.7 Å². The monoisotopic (exact) mass is 197 g/mol. The van der Waals surface area contributed by atoms with E-state index in [-0.39, 0.29) is 0 Å². The Bertz CT molecular complexity index is 183. The second kappa shape index (κ2) is 4.19. The summed E-state index contributed by atoms with van der Waals surface area (Å²) in [5.41, 5.74) is 6.46. The van der Waals surface area contributed by atoms with Crippen LogP contribution in [0.4, 0.5) is 0 Å². The van der Waals surface area contributed by atoms with Crippen molar-refractivity contribution in [1.82, 2.24) is 0 Å². The maximum atomic E-state index is 5.94. The Hall–Kier alpha value is -0.0800. The number of fused-ring (bicyclic) bond motifs is 1. The van der Waals surface area contributed by atoms with E-state index in [1.54, 1.807) is 7.11 Å². The molecule has 2 aliphatic carbocycles. The van der Waals surface area contributed by atoms with Crippen LogP contribution in [-0.4, -0.2) is 20.3 Å². The molecule has 0 heterocycles. The quantitative estimate of drug-likeness (QED) is 0.662. The molecule has 0 bridgehead atoms. The van der Waals surface area contributed by atoms with Crippen LogP contribution in [0.1, 0.15) is 38.5 Å². The number of methoxy groups -OCH3 is 1. The predicted octanol–water partition coefficient (Wildman–Crippen LogP) is 2.18. The molecule has 2 unspecified atom stereocenters. The first-order chi connectivity index (χ1) is 6.79. The summed E-state index contributed by atoms with van der Waals surface area (Å²) in [6, 6.07) is 0. The Morgan fingerprint density at radius 1 is 1.29 bits per heavy atom. The first-order valence-electron chi connectivity index (χ1n) is 5.99. The third-order valence-corrected chi connectivity index (χ3v) is 4.20. The van der Waals surface area contributed by atoms with Crippen molar-refractivity contribution in [2.75, 3.05) is 20.3 Å². The summed E-state index contributed by atoms with van der Waals surface area (Å²) in [6.07, 6.45) is 8.17. The third-order valence-electron chi connectivity index (χ3n) is 4.20. The van der Waals surface area contributed by atoms with Gasteiger partial charge in [0.05, 0.1) is 0 Å². The van der Waals surface area contributed by atoms with Crippen LogP contribution < -0.4 is 5.73 Å². The van der Waals surface area contributed by atoms with Crippen molar-refractivity contribution in [1.29, 1.82) is 0 Å². The summed E-state index contributed by atoms with van der Waals surface area (Å²) in [6.45, 7) is 1.82. The summed E-state index contributed by atoms with van der Waals surface area (Å²) in [7, 11) is 1.78. The fraction of sp³-hybridized carbons (Fsp3) is 1.00. The molecule has 0 aromatic carbocycles. The minimum absolute atomic E-state index is 0.529. The average molecular weight is 197 g/mol. The summed E-state index contributed by atoms with van der Waals surface area (Å²) < 4.78 is 5.07. The number of nitrogens with two attached hydrogens (primary N) is 1. The van der Waals surface area contributed by atoms with Gasteiger partial charge in [0.2, 0.25) is 0 Å².